The van der Waals surface area contributed by atoms with Gasteiger partial charge in [-0.15, -0.1) is 0 Å². The normalized spacial score (nSPS) is 10.5. The predicted octanol–water partition coefficient (Wildman–Crippen LogP) is 5.31. The number of rotatable bonds is 7. The second kappa shape index (κ2) is 9.15. The molecule has 2 heterocycles. The molecule has 2 aromatic heterocycles. The van der Waals surface area contributed by atoms with Gasteiger partial charge in [0.25, 0.3) is 0 Å². The summed E-state index contributed by atoms with van der Waals surface area (Å²) in [5.41, 5.74) is 7.29. The largest absolute Gasteiger partial charge is 0.201 e. The van der Waals surface area contributed by atoms with Crippen molar-refractivity contribution < 1.29 is 9.13 Å². The van der Waals surface area contributed by atoms with Gasteiger partial charge in [-0.2, -0.15) is 0 Å². The third-order valence-corrected chi connectivity index (χ3v) is 5.28. The Bertz CT molecular complexity index is 1030. The van der Waals surface area contributed by atoms with Crippen molar-refractivity contribution in [1.29, 1.82) is 0 Å². The molecule has 0 bridgehead atoms. The minimum atomic E-state index is 0.858. The van der Waals surface area contributed by atoms with Crippen molar-refractivity contribution in [1.82, 2.24) is 0 Å². The Morgan fingerprint density at radius 2 is 0.833 bits per heavy atom. The molecule has 4 aromatic rings. The summed E-state index contributed by atoms with van der Waals surface area (Å²) in [5, 5.41) is 0. The van der Waals surface area contributed by atoms with Crippen molar-refractivity contribution in [2.75, 3.05) is 0 Å². The molecule has 2 nitrogen and oxygen atoms in total. The minimum Gasteiger partial charge on any atom is -0.201 e. The van der Waals surface area contributed by atoms with Crippen molar-refractivity contribution >= 4 is 12.2 Å². The Morgan fingerprint density at radius 3 is 1.13 bits per heavy atom. The van der Waals surface area contributed by atoms with E-state index in [1.165, 1.54) is 22.3 Å². The fourth-order valence-corrected chi connectivity index (χ4v) is 3.45. The highest BCUT2D eigenvalue weighted by molar-refractivity contribution is 5.61. The summed E-state index contributed by atoms with van der Waals surface area (Å²) >= 11 is 0. The predicted molar refractivity (Wildman–Crippen MR) is 124 cm³/mol. The van der Waals surface area contributed by atoms with Crippen LogP contribution < -0.4 is 9.13 Å². The van der Waals surface area contributed by atoms with Gasteiger partial charge >= 0.3 is 0 Å². The van der Waals surface area contributed by atoms with Crippen LogP contribution in [0.3, 0.4) is 0 Å². The maximum Gasteiger partial charge on any atom is 0.173 e. The molecule has 2 heteroatoms. The molecule has 146 valence electrons. The Hall–Kier alpha value is -3.78. The van der Waals surface area contributed by atoms with Crippen molar-refractivity contribution in [2.45, 2.75) is 13.1 Å². The minimum absolute atomic E-state index is 0.858. The molecular weight excluding hydrogens is 364 g/mol. The molecule has 2 aromatic carbocycles. The highest BCUT2D eigenvalue weighted by Gasteiger charge is 2.07. The topological polar surface area (TPSA) is 7.76 Å². The zero-order valence-corrected chi connectivity index (χ0v) is 17.1. The van der Waals surface area contributed by atoms with Gasteiger partial charge in [0.2, 0.25) is 0 Å². The first-order valence-electron chi connectivity index (χ1n) is 10.1. The van der Waals surface area contributed by atoms with Gasteiger partial charge in [-0.1, -0.05) is 73.8 Å². The second-order valence-electron chi connectivity index (χ2n) is 7.41. The second-order valence-corrected chi connectivity index (χ2v) is 7.41. The van der Waals surface area contributed by atoms with E-state index in [4.69, 9.17) is 0 Å². The van der Waals surface area contributed by atoms with Crippen LogP contribution in [0.5, 0.6) is 0 Å². The van der Waals surface area contributed by atoms with Crippen molar-refractivity contribution in [3.05, 3.63) is 133 Å². The van der Waals surface area contributed by atoms with E-state index in [1.807, 2.05) is 12.2 Å². The number of hydrogen-bond donors (Lipinski definition) is 0. The molecule has 30 heavy (non-hydrogen) atoms. The van der Waals surface area contributed by atoms with E-state index in [2.05, 4.69) is 120 Å². The van der Waals surface area contributed by atoms with Crippen LogP contribution in [0.4, 0.5) is 0 Å². The van der Waals surface area contributed by atoms with E-state index in [1.54, 1.807) is 0 Å². The molecule has 0 saturated heterocycles. The van der Waals surface area contributed by atoms with Crippen LogP contribution in [0.1, 0.15) is 22.3 Å². The van der Waals surface area contributed by atoms with Gasteiger partial charge in [0.15, 0.2) is 37.9 Å². The molecule has 0 saturated carbocycles. The molecule has 0 amide bonds. The molecule has 0 aliphatic rings. The van der Waals surface area contributed by atoms with Crippen LogP contribution in [0, 0.1) is 0 Å². The lowest BCUT2D eigenvalue weighted by atomic mass is 10.1. The fraction of sp³-hybridized carbons (Fsp3) is 0.0714. The summed E-state index contributed by atoms with van der Waals surface area (Å²) in [7, 11) is 0. The average Bonchev–Trinajstić information content (AvgIpc) is 2.81. The van der Waals surface area contributed by atoms with Crippen molar-refractivity contribution in [3.8, 4) is 11.1 Å². The molecule has 0 fully saturated rings. The standard InChI is InChI=1S/C28H26N2/c1-3-23-5-9-25(10-6-23)21-29-17-13-27(14-18-29)28-15-19-30(20-16-28)22-26-11-7-24(4-2)8-12-26/h3-20H,1-2,21-22H2/q+2. The summed E-state index contributed by atoms with van der Waals surface area (Å²) in [6, 6.07) is 25.7. The summed E-state index contributed by atoms with van der Waals surface area (Å²) in [6.45, 7) is 9.33. The van der Waals surface area contributed by atoms with E-state index < -0.39 is 0 Å². The van der Waals surface area contributed by atoms with Crippen molar-refractivity contribution in [3.63, 3.8) is 0 Å². The monoisotopic (exact) mass is 390 g/mol. The number of benzene rings is 2. The quantitative estimate of drug-likeness (QED) is 0.378. The van der Waals surface area contributed by atoms with E-state index in [-0.39, 0.29) is 0 Å². The first kappa shape index (κ1) is 19.5. The van der Waals surface area contributed by atoms with Gasteiger partial charge in [-0.25, -0.2) is 9.13 Å². The zero-order valence-electron chi connectivity index (χ0n) is 17.1. The summed E-state index contributed by atoms with van der Waals surface area (Å²) in [4.78, 5) is 0. The summed E-state index contributed by atoms with van der Waals surface area (Å²) in [6.07, 6.45) is 12.3. The lowest BCUT2D eigenvalue weighted by Gasteiger charge is -2.03. The Morgan fingerprint density at radius 1 is 0.500 bits per heavy atom. The fourth-order valence-electron chi connectivity index (χ4n) is 3.45. The number of aromatic nitrogens is 2. The van der Waals surface area contributed by atoms with Gasteiger partial charge in [-0.3, -0.25) is 0 Å². The maximum atomic E-state index is 3.81. The van der Waals surface area contributed by atoms with Gasteiger partial charge < -0.3 is 0 Å². The number of pyridine rings is 2. The average molecular weight is 391 g/mol. The zero-order chi connectivity index (χ0) is 20.8. The van der Waals surface area contributed by atoms with Crippen molar-refractivity contribution in [2.24, 2.45) is 0 Å². The molecule has 0 atom stereocenters. The van der Waals surface area contributed by atoms with E-state index in [9.17, 15) is 0 Å². The molecule has 0 unspecified atom stereocenters. The van der Waals surface area contributed by atoms with E-state index >= 15 is 0 Å². The molecule has 0 spiro atoms. The van der Waals surface area contributed by atoms with Crippen LogP contribution in [0.15, 0.2) is 111 Å². The molecular formula is C28H26N2+2. The van der Waals surface area contributed by atoms with Crippen LogP contribution in [-0.4, -0.2) is 0 Å². The Kier molecular flexibility index (Phi) is 5.95. The highest BCUT2D eigenvalue weighted by Crippen LogP contribution is 2.16. The van der Waals surface area contributed by atoms with Gasteiger partial charge in [0.1, 0.15) is 0 Å². The van der Waals surface area contributed by atoms with Crippen LogP contribution in [0.25, 0.3) is 23.3 Å². The summed E-state index contributed by atoms with van der Waals surface area (Å²) < 4.78 is 4.39. The van der Waals surface area contributed by atoms with E-state index in [0.717, 1.165) is 24.2 Å². The lowest BCUT2D eigenvalue weighted by Crippen LogP contribution is -2.33. The molecule has 0 radical (unpaired) electrons. The number of hydrogen-bond acceptors (Lipinski definition) is 0. The van der Waals surface area contributed by atoms with Crippen LogP contribution >= 0.6 is 0 Å². The third-order valence-electron chi connectivity index (χ3n) is 5.28. The molecule has 0 aliphatic heterocycles. The smallest absolute Gasteiger partial charge is 0.173 e. The first-order valence-corrected chi connectivity index (χ1v) is 10.1. The molecule has 4 rings (SSSR count). The van der Waals surface area contributed by atoms with Gasteiger partial charge in [0.05, 0.1) is 0 Å². The highest BCUT2D eigenvalue weighted by atomic mass is 14.9. The first-order chi connectivity index (χ1) is 14.7. The Labute approximate surface area is 178 Å². The number of nitrogens with zero attached hydrogens (tertiary/aromatic N) is 2. The van der Waals surface area contributed by atoms with Gasteiger partial charge in [0, 0.05) is 35.4 Å². The third kappa shape index (κ3) is 4.79. The molecule has 0 N–H and O–H groups in total. The maximum absolute atomic E-state index is 3.81. The Balaban J connectivity index is 1.41. The summed E-state index contributed by atoms with van der Waals surface area (Å²) in [5.74, 6) is 0. The lowest BCUT2D eigenvalue weighted by molar-refractivity contribution is -0.688. The molecule has 0 aliphatic carbocycles. The van der Waals surface area contributed by atoms with Crippen LogP contribution in [0.2, 0.25) is 0 Å². The van der Waals surface area contributed by atoms with E-state index in [0.29, 0.717) is 0 Å². The SMILES string of the molecule is C=Cc1ccc(C[n+]2ccc(-c3cc[n+](Cc4ccc(C=C)cc4)cc3)cc2)cc1. The van der Waals surface area contributed by atoms with Gasteiger partial charge in [-0.05, 0) is 22.3 Å². The van der Waals surface area contributed by atoms with Crippen LogP contribution in [-0.2, 0) is 13.1 Å².